The molecule has 0 unspecified atom stereocenters. The average molecular weight is 874 g/mol. The number of hydrogen-bond donors (Lipinski definition) is 1. The van der Waals surface area contributed by atoms with E-state index < -0.39 is 39.2 Å². The van der Waals surface area contributed by atoms with Gasteiger partial charge in [-0.25, -0.2) is 31.9 Å². The number of nitriles is 1. The first-order valence-corrected chi connectivity index (χ1v) is 21.6. The average Bonchev–Trinajstić information content (AvgIpc) is 3.65. The molecule has 14 nitrogen and oxygen atoms in total. The van der Waals surface area contributed by atoms with Gasteiger partial charge in [-0.15, -0.1) is 11.3 Å². The second-order valence-corrected chi connectivity index (χ2v) is 17.8. The van der Waals surface area contributed by atoms with Crippen LogP contribution in [0.5, 0.6) is 0 Å². The minimum Gasteiger partial charge on any atom is -0.355 e. The molecule has 1 aromatic carbocycles. The fourth-order valence-electron chi connectivity index (χ4n) is 7.64. The zero-order valence-corrected chi connectivity index (χ0v) is 35.1. The van der Waals surface area contributed by atoms with Crippen LogP contribution < -0.4 is 15.2 Å². The lowest BCUT2D eigenvalue weighted by atomic mass is 9.85. The Hall–Kier alpha value is -5.79. The number of hydrogen-bond acceptors (Lipinski definition) is 12. The van der Waals surface area contributed by atoms with E-state index in [0.29, 0.717) is 64.0 Å². The Kier molecular flexibility index (Phi) is 11.8. The Morgan fingerprint density at radius 3 is 2.58 bits per heavy atom. The van der Waals surface area contributed by atoms with Gasteiger partial charge in [0.2, 0.25) is 5.91 Å². The molecule has 2 amide bonds. The van der Waals surface area contributed by atoms with Gasteiger partial charge in [-0.3, -0.25) is 28.8 Å². The molecule has 5 heterocycles. The molecule has 310 valence electrons. The molecule has 60 heavy (non-hydrogen) atoms. The van der Waals surface area contributed by atoms with Crippen molar-refractivity contribution in [2.75, 3.05) is 38.0 Å². The minimum absolute atomic E-state index is 0.0109. The number of carbonyl (C=O) groups excluding carboxylic acids is 2. The number of halogens is 3. The van der Waals surface area contributed by atoms with Crippen LogP contribution in [-0.4, -0.2) is 101 Å². The minimum atomic E-state index is -4.25. The Bertz CT molecular complexity index is 2850. The summed E-state index contributed by atoms with van der Waals surface area (Å²) in [6.45, 7) is 6.22. The van der Waals surface area contributed by atoms with Crippen molar-refractivity contribution in [2.45, 2.75) is 57.2 Å². The number of fused-ring (bicyclic) bond motifs is 2. The van der Waals surface area contributed by atoms with Crippen LogP contribution in [0.1, 0.15) is 53.0 Å². The number of pyridine rings is 2. The van der Waals surface area contributed by atoms with Crippen LogP contribution in [-0.2, 0) is 21.4 Å². The van der Waals surface area contributed by atoms with Gasteiger partial charge in [0, 0.05) is 85.4 Å². The van der Waals surface area contributed by atoms with Gasteiger partial charge in [0.05, 0.1) is 39.4 Å². The number of carbonyl (C=O) groups is 2. The van der Waals surface area contributed by atoms with Crippen LogP contribution in [0.2, 0.25) is 5.02 Å². The van der Waals surface area contributed by atoms with E-state index in [9.17, 15) is 36.8 Å². The van der Waals surface area contributed by atoms with Gasteiger partial charge in [0.15, 0.2) is 0 Å². The SMILES string of the molecule is C=CC(=O)N(C)CS(=O)(=O)NC(=O)c1csc2c(-c3cc(Cl)ccc3C#CCn3c(C)nc4cnc(N(C)C5CCN(C6CC(F)(F)C6)CC5)c(C#N)c4c3=O)ccnc12. The van der Waals surface area contributed by atoms with Crippen LogP contribution >= 0.6 is 22.9 Å². The van der Waals surface area contributed by atoms with Crippen molar-refractivity contribution >= 4 is 71.7 Å². The Labute approximate surface area is 353 Å². The van der Waals surface area contributed by atoms with Crippen molar-refractivity contribution < 1.29 is 26.8 Å². The summed E-state index contributed by atoms with van der Waals surface area (Å²) >= 11 is 7.63. The number of aromatic nitrogens is 4. The number of aryl methyl sites for hydroxylation is 1. The van der Waals surface area contributed by atoms with Crippen molar-refractivity contribution in [2.24, 2.45) is 0 Å². The van der Waals surface area contributed by atoms with E-state index in [2.05, 4.69) is 44.3 Å². The molecule has 1 saturated carbocycles. The lowest BCUT2D eigenvalue weighted by Crippen LogP contribution is -2.55. The molecule has 0 bridgehead atoms. The van der Waals surface area contributed by atoms with Crippen molar-refractivity contribution in [1.82, 2.24) is 34.0 Å². The Morgan fingerprint density at radius 2 is 1.90 bits per heavy atom. The summed E-state index contributed by atoms with van der Waals surface area (Å²) in [6, 6.07) is 8.85. The molecule has 0 atom stereocenters. The number of nitrogens with zero attached hydrogens (tertiary/aromatic N) is 8. The summed E-state index contributed by atoms with van der Waals surface area (Å²) in [5.74, 6) is 2.00. The summed E-state index contributed by atoms with van der Waals surface area (Å²) in [7, 11) is -1.16. The van der Waals surface area contributed by atoms with Gasteiger partial charge >= 0.3 is 0 Å². The number of benzene rings is 1. The lowest BCUT2D eigenvalue weighted by Gasteiger charge is -2.46. The van der Waals surface area contributed by atoms with Gasteiger partial charge in [-0.05, 0) is 50.1 Å². The lowest BCUT2D eigenvalue weighted by molar-refractivity contribution is -0.127. The second-order valence-electron chi connectivity index (χ2n) is 14.8. The molecule has 7 rings (SSSR count). The molecule has 2 aliphatic rings. The van der Waals surface area contributed by atoms with E-state index in [0.717, 1.165) is 11.0 Å². The number of piperidine rings is 1. The van der Waals surface area contributed by atoms with Gasteiger partial charge in [-0.1, -0.05) is 30.0 Å². The second kappa shape index (κ2) is 16.7. The maximum Gasteiger partial charge on any atom is 0.267 e. The number of likely N-dealkylation sites (N-methyl/N-ethyl adjacent to an activating group) is 1. The molecule has 1 aliphatic heterocycles. The molecule has 1 N–H and O–H groups in total. The quantitative estimate of drug-likeness (QED) is 0.142. The zero-order valence-electron chi connectivity index (χ0n) is 32.7. The summed E-state index contributed by atoms with van der Waals surface area (Å²) in [6.07, 6.45) is 5.07. The fraction of sp³-hybridized carbons (Fsp3) is 0.341. The Morgan fingerprint density at radius 1 is 1.17 bits per heavy atom. The van der Waals surface area contributed by atoms with E-state index in [4.69, 9.17) is 11.6 Å². The third-order valence-electron chi connectivity index (χ3n) is 10.8. The standard InChI is InChI=1S/C41H38ClF2N9O5S2/c1-5-34(54)50(3)23-60(57,58)49-39(55)32-22-59-37-29(10-13-46-36(32)37)30-17-26(42)9-8-25(30)7-6-14-53-24(2)48-33-21-47-38(31(20-45)35(33)40(53)56)51(4)27-11-15-52(16-12-27)28-18-41(43,44)19-28/h5,8-10,13,17,21-22,27-28H,1,11-12,14-16,18-19,23H2,2-4H3,(H,49,55). The van der Waals surface area contributed by atoms with Crippen molar-refractivity contribution in [1.29, 1.82) is 5.26 Å². The number of alkyl halides is 2. The molecular formula is C41H38ClF2N9O5S2. The number of thiophene rings is 1. The summed E-state index contributed by atoms with van der Waals surface area (Å²) in [5, 5.41) is 12.4. The van der Waals surface area contributed by atoms with Crippen molar-refractivity contribution in [3.8, 4) is 29.0 Å². The highest BCUT2D eigenvalue weighted by Crippen LogP contribution is 2.42. The number of sulfonamides is 1. The van der Waals surface area contributed by atoms with Gasteiger partial charge < -0.3 is 9.80 Å². The van der Waals surface area contributed by atoms with Gasteiger partial charge in [0.1, 0.15) is 29.2 Å². The number of nitrogens with one attached hydrogen (secondary N) is 1. The molecule has 1 aliphatic carbocycles. The molecule has 4 aromatic heterocycles. The van der Waals surface area contributed by atoms with E-state index in [1.165, 1.54) is 40.7 Å². The first kappa shape index (κ1) is 42.3. The highest BCUT2D eigenvalue weighted by molar-refractivity contribution is 7.90. The maximum absolute atomic E-state index is 14.1. The largest absolute Gasteiger partial charge is 0.355 e. The molecule has 1 saturated heterocycles. The zero-order chi connectivity index (χ0) is 43.1. The van der Waals surface area contributed by atoms with E-state index >= 15 is 0 Å². The van der Waals surface area contributed by atoms with Gasteiger partial charge in [-0.2, -0.15) is 5.26 Å². The summed E-state index contributed by atoms with van der Waals surface area (Å²) in [5.41, 5.74) is 1.90. The molecule has 0 radical (unpaired) electrons. The predicted molar refractivity (Wildman–Crippen MR) is 225 cm³/mol. The highest BCUT2D eigenvalue weighted by atomic mass is 35.5. The van der Waals surface area contributed by atoms with Crippen molar-refractivity contribution in [3.05, 3.63) is 92.6 Å². The van der Waals surface area contributed by atoms with Crippen LogP contribution in [0.4, 0.5) is 14.6 Å². The summed E-state index contributed by atoms with van der Waals surface area (Å²) < 4.78 is 56.3. The smallest absolute Gasteiger partial charge is 0.267 e. The first-order chi connectivity index (χ1) is 28.5. The number of rotatable bonds is 10. The molecular weight excluding hydrogens is 836 g/mol. The fourth-order valence-corrected chi connectivity index (χ4v) is 9.94. The Balaban J connectivity index is 1.14. The van der Waals surface area contributed by atoms with E-state index in [1.54, 1.807) is 31.2 Å². The first-order valence-electron chi connectivity index (χ1n) is 18.7. The van der Waals surface area contributed by atoms with Crippen LogP contribution in [0.25, 0.3) is 32.2 Å². The molecule has 0 spiro atoms. The van der Waals surface area contributed by atoms with Crippen LogP contribution in [0.3, 0.4) is 0 Å². The van der Waals surface area contributed by atoms with Crippen LogP contribution in [0, 0.1) is 30.1 Å². The number of likely N-dealkylation sites (tertiary alicyclic amines) is 1. The molecule has 2 fully saturated rings. The summed E-state index contributed by atoms with van der Waals surface area (Å²) in [4.78, 5) is 57.5. The van der Waals surface area contributed by atoms with Crippen LogP contribution in [0.15, 0.2) is 59.5 Å². The topological polar surface area (TPSA) is 174 Å². The van der Waals surface area contributed by atoms with Crippen molar-refractivity contribution in [3.63, 3.8) is 0 Å². The molecule has 5 aromatic rings. The monoisotopic (exact) mass is 873 g/mol. The number of anilines is 1. The van der Waals surface area contributed by atoms with E-state index in [-0.39, 0.29) is 59.0 Å². The normalized spacial score (nSPS) is 15.8. The third kappa shape index (κ3) is 8.46. The van der Waals surface area contributed by atoms with Gasteiger partial charge in [0.25, 0.3) is 27.4 Å². The predicted octanol–water partition coefficient (Wildman–Crippen LogP) is 5.31. The van der Waals surface area contributed by atoms with E-state index in [1.807, 2.05) is 16.7 Å². The molecule has 19 heteroatoms. The highest BCUT2D eigenvalue weighted by Gasteiger charge is 2.48. The number of amides is 2. The third-order valence-corrected chi connectivity index (χ3v) is 13.3. The maximum atomic E-state index is 14.1.